The fourth-order valence-corrected chi connectivity index (χ4v) is 5.06. The number of nitrogens with one attached hydrogen (secondary N) is 1. The number of amides is 2. The van der Waals surface area contributed by atoms with Gasteiger partial charge in [0.25, 0.3) is 0 Å². The second-order valence-corrected chi connectivity index (χ2v) is 9.35. The molecule has 7 heteroatoms. The third-order valence-electron chi connectivity index (χ3n) is 6.88. The number of hydrogen-bond donors (Lipinski definition) is 1. The van der Waals surface area contributed by atoms with Crippen molar-refractivity contribution in [2.45, 2.75) is 51.2 Å². The number of halogens is 1. The summed E-state index contributed by atoms with van der Waals surface area (Å²) in [6.45, 7) is 1.87. The maximum absolute atomic E-state index is 14.4. The van der Waals surface area contributed by atoms with E-state index in [1.54, 1.807) is 23.0 Å². The molecule has 4 aromatic rings. The van der Waals surface area contributed by atoms with Crippen molar-refractivity contribution in [2.24, 2.45) is 0 Å². The fraction of sp³-hybridized carbons (Fsp3) is 0.276. The molecule has 1 fully saturated rings. The van der Waals surface area contributed by atoms with E-state index in [2.05, 4.69) is 10.3 Å². The Kier molecular flexibility index (Phi) is 6.80. The van der Waals surface area contributed by atoms with Crippen LogP contribution < -0.4 is 10.2 Å². The Labute approximate surface area is 209 Å². The first-order chi connectivity index (χ1) is 17.5. The lowest BCUT2D eigenvalue weighted by Gasteiger charge is -2.33. The molecule has 0 bridgehead atoms. The van der Waals surface area contributed by atoms with Crippen molar-refractivity contribution < 1.29 is 14.0 Å². The smallest absolute Gasteiger partial charge is 0.248 e. The quantitative estimate of drug-likeness (QED) is 0.386. The Hall–Kier alpha value is -4.00. The SMILES string of the molecule is Cc1ccccc1[C@@H](C(=O)NC1CCCC1)N(C(=O)Cn1cnc2ccccc21)c1cccc(F)c1. The molecule has 0 saturated heterocycles. The number of benzene rings is 3. The van der Waals surface area contributed by atoms with Gasteiger partial charge in [-0.1, -0.05) is 55.3 Å². The molecule has 1 saturated carbocycles. The summed E-state index contributed by atoms with van der Waals surface area (Å²) in [5.41, 5.74) is 3.51. The molecular weight excluding hydrogens is 455 g/mol. The van der Waals surface area contributed by atoms with Gasteiger partial charge in [-0.3, -0.25) is 14.5 Å². The number of carbonyl (C=O) groups is 2. The molecule has 5 rings (SSSR count). The Morgan fingerprint density at radius 1 is 1.06 bits per heavy atom. The average Bonchev–Trinajstić information content (AvgIpc) is 3.53. The number of carbonyl (C=O) groups excluding carboxylic acids is 2. The lowest BCUT2D eigenvalue weighted by molar-refractivity contribution is -0.127. The number of aryl methyl sites for hydroxylation is 1. The Morgan fingerprint density at radius 3 is 2.58 bits per heavy atom. The first-order valence-corrected chi connectivity index (χ1v) is 12.3. The highest BCUT2D eigenvalue weighted by atomic mass is 19.1. The van der Waals surface area contributed by atoms with E-state index in [-0.39, 0.29) is 24.4 Å². The highest BCUT2D eigenvalue weighted by Crippen LogP contribution is 2.32. The van der Waals surface area contributed by atoms with Crippen molar-refractivity contribution in [2.75, 3.05) is 4.90 Å². The number of nitrogens with zero attached hydrogens (tertiary/aromatic N) is 3. The Morgan fingerprint density at radius 2 is 1.81 bits per heavy atom. The Balaban J connectivity index is 1.59. The maximum atomic E-state index is 14.4. The van der Waals surface area contributed by atoms with Crippen LogP contribution in [0.1, 0.15) is 42.9 Å². The second kappa shape index (κ2) is 10.3. The molecule has 184 valence electrons. The molecule has 0 spiro atoms. The summed E-state index contributed by atoms with van der Waals surface area (Å²) in [7, 11) is 0. The van der Waals surface area contributed by atoms with Gasteiger partial charge in [0.1, 0.15) is 18.4 Å². The monoisotopic (exact) mass is 484 g/mol. The lowest BCUT2D eigenvalue weighted by Crippen LogP contribution is -2.47. The number of fused-ring (bicyclic) bond motifs is 1. The van der Waals surface area contributed by atoms with Gasteiger partial charge in [0, 0.05) is 11.7 Å². The molecule has 0 radical (unpaired) electrons. The Bertz CT molecular complexity index is 1390. The van der Waals surface area contributed by atoms with E-state index in [0.717, 1.165) is 42.3 Å². The summed E-state index contributed by atoms with van der Waals surface area (Å²) in [4.78, 5) is 33.7. The van der Waals surface area contributed by atoms with Gasteiger partial charge in [-0.25, -0.2) is 9.37 Å². The molecule has 1 aliphatic rings. The van der Waals surface area contributed by atoms with Crippen molar-refractivity contribution in [1.29, 1.82) is 0 Å². The molecule has 1 aromatic heterocycles. The average molecular weight is 485 g/mol. The van der Waals surface area contributed by atoms with Crippen LogP contribution in [0.3, 0.4) is 0 Å². The van der Waals surface area contributed by atoms with Crippen molar-refractivity contribution in [3.63, 3.8) is 0 Å². The topological polar surface area (TPSA) is 67.2 Å². The van der Waals surface area contributed by atoms with E-state index in [4.69, 9.17) is 0 Å². The van der Waals surface area contributed by atoms with Gasteiger partial charge in [-0.15, -0.1) is 0 Å². The molecular formula is C29H29FN4O2. The minimum Gasteiger partial charge on any atom is -0.351 e. The van der Waals surface area contributed by atoms with Crippen LogP contribution in [0.25, 0.3) is 11.0 Å². The molecule has 36 heavy (non-hydrogen) atoms. The van der Waals surface area contributed by atoms with E-state index in [0.29, 0.717) is 11.3 Å². The third-order valence-corrected chi connectivity index (χ3v) is 6.88. The van der Waals surface area contributed by atoms with E-state index in [1.165, 1.54) is 17.0 Å². The van der Waals surface area contributed by atoms with Gasteiger partial charge in [-0.05, 0) is 61.2 Å². The molecule has 0 aliphatic heterocycles. The highest BCUT2D eigenvalue weighted by Gasteiger charge is 2.35. The van der Waals surface area contributed by atoms with Gasteiger partial charge in [0.05, 0.1) is 17.4 Å². The van der Waals surface area contributed by atoms with Crippen LogP contribution in [0.15, 0.2) is 79.1 Å². The number of rotatable bonds is 7. The minimum atomic E-state index is -0.948. The summed E-state index contributed by atoms with van der Waals surface area (Å²) in [6, 6.07) is 20.1. The highest BCUT2D eigenvalue weighted by molar-refractivity contribution is 6.01. The van der Waals surface area contributed by atoms with E-state index >= 15 is 0 Å². The lowest BCUT2D eigenvalue weighted by atomic mass is 9.97. The predicted octanol–water partition coefficient (Wildman–Crippen LogP) is 5.32. The van der Waals surface area contributed by atoms with Gasteiger partial charge < -0.3 is 9.88 Å². The molecule has 0 unspecified atom stereocenters. The van der Waals surface area contributed by atoms with Gasteiger partial charge >= 0.3 is 0 Å². The standard InChI is InChI=1S/C29H29FN4O2/c1-20-9-2-5-14-24(20)28(29(36)32-22-11-3-4-12-22)34(23-13-8-10-21(30)17-23)27(35)18-33-19-31-25-15-6-7-16-26(25)33/h2,5-10,13-17,19,22,28H,3-4,11-12,18H2,1H3,(H,32,36)/t28-/m0/s1. The zero-order chi connectivity index (χ0) is 25.1. The minimum absolute atomic E-state index is 0.0455. The number of hydrogen-bond acceptors (Lipinski definition) is 3. The molecule has 1 heterocycles. The summed E-state index contributed by atoms with van der Waals surface area (Å²) >= 11 is 0. The molecule has 2 amide bonds. The van der Waals surface area contributed by atoms with E-state index in [1.807, 2.05) is 55.5 Å². The van der Waals surface area contributed by atoms with Crippen LogP contribution in [-0.2, 0) is 16.1 Å². The maximum Gasteiger partial charge on any atom is 0.248 e. The van der Waals surface area contributed by atoms with Gasteiger partial charge in [-0.2, -0.15) is 0 Å². The van der Waals surface area contributed by atoms with Crippen LogP contribution in [0.5, 0.6) is 0 Å². The first kappa shape index (κ1) is 23.7. The molecule has 3 aromatic carbocycles. The van der Waals surface area contributed by atoms with Crippen LogP contribution in [0.2, 0.25) is 0 Å². The molecule has 1 N–H and O–H groups in total. The number of anilines is 1. The number of imidazole rings is 1. The van der Waals surface area contributed by atoms with Crippen molar-refractivity contribution in [3.05, 3.63) is 96.1 Å². The van der Waals surface area contributed by atoms with Crippen molar-refractivity contribution in [3.8, 4) is 0 Å². The van der Waals surface area contributed by atoms with Crippen LogP contribution in [-0.4, -0.2) is 27.4 Å². The van der Waals surface area contributed by atoms with Gasteiger partial charge in [0.15, 0.2) is 0 Å². The fourth-order valence-electron chi connectivity index (χ4n) is 5.06. The number of para-hydroxylation sites is 2. The summed E-state index contributed by atoms with van der Waals surface area (Å²) < 4.78 is 16.2. The zero-order valence-corrected chi connectivity index (χ0v) is 20.2. The van der Waals surface area contributed by atoms with Crippen LogP contribution >= 0.6 is 0 Å². The molecule has 6 nitrogen and oxygen atoms in total. The van der Waals surface area contributed by atoms with Crippen molar-refractivity contribution >= 4 is 28.5 Å². The zero-order valence-electron chi connectivity index (χ0n) is 20.2. The normalized spacial score (nSPS) is 14.6. The second-order valence-electron chi connectivity index (χ2n) is 9.35. The first-order valence-electron chi connectivity index (χ1n) is 12.3. The summed E-state index contributed by atoms with van der Waals surface area (Å²) in [6.07, 6.45) is 5.59. The largest absolute Gasteiger partial charge is 0.351 e. The third kappa shape index (κ3) is 4.87. The van der Waals surface area contributed by atoms with Crippen LogP contribution in [0, 0.1) is 12.7 Å². The predicted molar refractivity (Wildman–Crippen MR) is 138 cm³/mol. The summed E-state index contributed by atoms with van der Waals surface area (Å²) in [5, 5.41) is 3.17. The van der Waals surface area contributed by atoms with Gasteiger partial charge in [0.2, 0.25) is 11.8 Å². The molecule has 1 atom stereocenters. The van der Waals surface area contributed by atoms with E-state index < -0.39 is 11.9 Å². The number of aromatic nitrogens is 2. The van der Waals surface area contributed by atoms with Crippen molar-refractivity contribution in [1.82, 2.24) is 14.9 Å². The molecule has 1 aliphatic carbocycles. The van der Waals surface area contributed by atoms with Crippen LogP contribution in [0.4, 0.5) is 10.1 Å². The van der Waals surface area contributed by atoms with E-state index in [9.17, 15) is 14.0 Å². The summed E-state index contributed by atoms with van der Waals surface area (Å²) in [5.74, 6) is -1.07.